The number of rotatable bonds is 0. The molecule has 7 rings (SSSR count). The number of hydrogen-bond donors (Lipinski definition) is 0. The fourth-order valence-corrected chi connectivity index (χ4v) is 4.24. The third-order valence-corrected chi connectivity index (χ3v) is 5.45. The van der Waals surface area contributed by atoms with E-state index in [1.54, 1.807) is 0 Å². The Morgan fingerprint density at radius 1 is 0.571 bits per heavy atom. The van der Waals surface area contributed by atoms with E-state index in [-0.39, 0.29) is 0 Å². The first-order chi connectivity index (χ1) is 13.9. The van der Waals surface area contributed by atoms with Gasteiger partial charge in [-0.2, -0.15) is 0 Å². The van der Waals surface area contributed by atoms with Crippen LogP contribution in [-0.2, 0) is 0 Å². The molecule has 0 spiro atoms. The minimum atomic E-state index is 0.732. The predicted molar refractivity (Wildman–Crippen MR) is 109 cm³/mol. The Labute approximate surface area is 160 Å². The molecule has 0 saturated heterocycles. The average molecular weight is 363 g/mol. The Hall–Kier alpha value is -3.92. The van der Waals surface area contributed by atoms with E-state index < -0.39 is 0 Å². The van der Waals surface area contributed by atoms with Crippen LogP contribution in [0.1, 0.15) is 0 Å². The Balaban J connectivity index is 1.60. The zero-order valence-corrected chi connectivity index (χ0v) is 14.7. The van der Waals surface area contributed by atoms with Crippen molar-refractivity contribution in [2.75, 3.05) is 4.90 Å². The second kappa shape index (κ2) is 4.87. The van der Waals surface area contributed by atoms with Crippen LogP contribution in [0.25, 0.3) is 21.9 Å². The molecule has 0 atom stereocenters. The molecule has 132 valence electrons. The minimum Gasteiger partial charge on any atom is -0.453 e. The van der Waals surface area contributed by atoms with Crippen LogP contribution in [-0.4, -0.2) is 0 Å². The van der Waals surface area contributed by atoms with E-state index in [0.29, 0.717) is 0 Å². The molecule has 1 aromatic heterocycles. The van der Waals surface area contributed by atoms with Crippen molar-refractivity contribution in [3.05, 3.63) is 78.9 Å². The van der Waals surface area contributed by atoms with Gasteiger partial charge in [0.1, 0.15) is 11.3 Å². The predicted octanol–water partition coefficient (Wildman–Crippen LogP) is 7.27. The highest BCUT2D eigenvalue weighted by Crippen LogP contribution is 2.60. The first-order valence-corrected chi connectivity index (χ1v) is 9.20. The molecule has 0 fully saturated rings. The van der Waals surface area contributed by atoms with E-state index in [1.165, 1.54) is 0 Å². The first-order valence-electron chi connectivity index (χ1n) is 9.20. The quantitative estimate of drug-likeness (QED) is 0.284. The molecular formula is C24H13NO3. The summed E-state index contributed by atoms with van der Waals surface area (Å²) in [6.07, 6.45) is 0. The van der Waals surface area contributed by atoms with Crippen LogP contribution in [0.5, 0.6) is 23.0 Å². The SMILES string of the molecule is c1ccc2c(c1)Oc1cccc3c1N2c1ccc2c(oc4ccccc42)c1O3. The van der Waals surface area contributed by atoms with E-state index in [2.05, 4.69) is 29.2 Å². The molecule has 4 aromatic carbocycles. The van der Waals surface area contributed by atoms with Gasteiger partial charge >= 0.3 is 0 Å². The Morgan fingerprint density at radius 3 is 2.32 bits per heavy atom. The lowest BCUT2D eigenvalue weighted by molar-refractivity contribution is 0.443. The van der Waals surface area contributed by atoms with E-state index in [1.807, 2.05) is 54.6 Å². The van der Waals surface area contributed by atoms with Crippen molar-refractivity contribution >= 4 is 39.0 Å². The summed E-state index contributed by atoms with van der Waals surface area (Å²) >= 11 is 0. The molecule has 0 aliphatic carbocycles. The number of benzene rings is 4. The van der Waals surface area contributed by atoms with E-state index >= 15 is 0 Å². The van der Waals surface area contributed by atoms with E-state index in [4.69, 9.17) is 13.9 Å². The highest BCUT2D eigenvalue weighted by atomic mass is 16.5. The summed E-state index contributed by atoms with van der Waals surface area (Å²) in [5.74, 6) is 3.10. The summed E-state index contributed by atoms with van der Waals surface area (Å²) < 4.78 is 18.7. The number of para-hydroxylation sites is 4. The van der Waals surface area contributed by atoms with Gasteiger partial charge in [0.2, 0.25) is 0 Å². The lowest BCUT2D eigenvalue weighted by atomic mass is 10.1. The summed E-state index contributed by atoms with van der Waals surface area (Å²) in [6, 6.07) is 26.2. The molecule has 2 aliphatic rings. The summed E-state index contributed by atoms with van der Waals surface area (Å²) in [5, 5.41) is 2.14. The van der Waals surface area contributed by atoms with Gasteiger partial charge in [-0.15, -0.1) is 0 Å². The maximum Gasteiger partial charge on any atom is 0.194 e. The number of hydrogen-bond acceptors (Lipinski definition) is 4. The maximum atomic E-state index is 6.37. The number of nitrogens with zero attached hydrogens (tertiary/aromatic N) is 1. The molecule has 5 aromatic rings. The van der Waals surface area contributed by atoms with Crippen LogP contribution in [0.15, 0.2) is 83.3 Å². The van der Waals surface area contributed by atoms with Gasteiger partial charge in [0, 0.05) is 10.8 Å². The second-order valence-electron chi connectivity index (χ2n) is 7.00. The van der Waals surface area contributed by atoms with Crippen molar-refractivity contribution < 1.29 is 13.9 Å². The zero-order chi connectivity index (χ0) is 18.2. The van der Waals surface area contributed by atoms with Crippen LogP contribution in [0.3, 0.4) is 0 Å². The fraction of sp³-hybridized carbons (Fsp3) is 0. The highest BCUT2D eigenvalue weighted by Gasteiger charge is 2.35. The van der Waals surface area contributed by atoms with Crippen molar-refractivity contribution in [1.82, 2.24) is 0 Å². The van der Waals surface area contributed by atoms with Crippen molar-refractivity contribution in [3.8, 4) is 23.0 Å². The molecule has 4 heteroatoms. The molecule has 0 bridgehead atoms. The highest BCUT2D eigenvalue weighted by molar-refractivity contribution is 6.10. The van der Waals surface area contributed by atoms with Gasteiger partial charge in [0.05, 0.1) is 11.4 Å². The van der Waals surface area contributed by atoms with Gasteiger partial charge in [-0.1, -0.05) is 36.4 Å². The topological polar surface area (TPSA) is 34.8 Å². The van der Waals surface area contributed by atoms with Crippen LogP contribution in [0.4, 0.5) is 17.1 Å². The van der Waals surface area contributed by atoms with Crippen molar-refractivity contribution in [2.24, 2.45) is 0 Å². The van der Waals surface area contributed by atoms with E-state index in [9.17, 15) is 0 Å². The van der Waals surface area contributed by atoms with Gasteiger partial charge in [-0.05, 0) is 42.5 Å². The maximum absolute atomic E-state index is 6.37. The van der Waals surface area contributed by atoms with Crippen LogP contribution in [0.2, 0.25) is 0 Å². The third-order valence-electron chi connectivity index (χ3n) is 5.45. The Morgan fingerprint density at radius 2 is 1.36 bits per heavy atom. The fourth-order valence-electron chi connectivity index (χ4n) is 4.24. The monoisotopic (exact) mass is 363 g/mol. The normalized spacial score (nSPS) is 13.5. The molecule has 0 amide bonds. The summed E-state index contributed by atoms with van der Waals surface area (Å²) in [7, 11) is 0. The van der Waals surface area contributed by atoms with Crippen LogP contribution >= 0.6 is 0 Å². The minimum absolute atomic E-state index is 0.732. The van der Waals surface area contributed by atoms with Gasteiger partial charge < -0.3 is 13.9 Å². The molecule has 28 heavy (non-hydrogen) atoms. The van der Waals surface area contributed by atoms with Gasteiger partial charge in [-0.25, -0.2) is 0 Å². The summed E-state index contributed by atoms with van der Waals surface area (Å²) in [5.41, 5.74) is 4.48. The zero-order valence-electron chi connectivity index (χ0n) is 14.7. The first kappa shape index (κ1) is 14.2. The lowest BCUT2D eigenvalue weighted by Crippen LogP contribution is -2.20. The number of fused-ring (bicyclic) bond motifs is 8. The Bertz CT molecular complexity index is 1430. The van der Waals surface area contributed by atoms with Crippen LogP contribution < -0.4 is 14.4 Å². The third kappa shape index (κ3) is 1.65. The molecule has 0 radical (unpaired) electrons. The molecule has 2 aliphatic heterocycles. The molecular weight excluding hydrogens is 350 g/mol. The number of anilines is 3. The van der Waals surface area contributed by atoms with Gasteiger partial charge in [0.25, 0.3) is 0 Å². The molecule has 0 saturated carbocycles. The van der Waals surface area contributed by atoms with Crippen molar-refractivity contribution in [1.29, 1.82) is 0 Å². The standard InChI is InChI=1S/C24H13NO3/c1-3-8-18-14(6-1)15-12-13-17-24(23(15)27-18)28-21-11-5-10-20-22(21)25(17)16-7-2-4-9-19(16)26-20/h1-13H. The number of furan rings is 1. The largest absolute Gasteiger partial charge is 0.453 e. The molecule has 3 heterocycles. The lowest BCUT2D eigenvalue weighted by Gasteiger charge is -2.37. The second-order valence-corrected chi connectivity index (χ2v) is 7.00. The molecule has 0 N–H and O–H groups in total. The van der Waals surface area contributed by atoms with E-state index in [0.717, 1.165) is 62.0 Å². The summed E-state index contributed by atoms with van der Waals surface area (Å²) in [6.45, 7) is 0. The smallest absolute Gasteiger partial charge is 0.194 e. The summed E-state index contributed by atoms with van der Waals surface area (Å²) in [4.78, 5) is 2.20. The average Bonchev–Trinajstić information content (AvgIpc) is 3.13. The molecule has 4 nitrogen and oxygen atoms in total. The Kier molecular flexibility index (Phi) is 2.46. The molecule has 0 unspecified atom stereocenters. The number of ether oxygens (including phenoxy) is 2. The van der Waals surface area contributed by atoms with Crippen molar-refractivity contribution in [2.45, 2.75) is 0 Å². The van der Waals surface area contributed by atoms with Gasteiger partial charge in [-0.3, -0.25) is 4.90 Å². The van der Waals surface area contributed by atoms with Crippen molar-refractivity contribution in [3.63, 3.8) is 0 Å². The van der Waals surface area contributed by atoms with Crippen LogP contribution in [0, 0.1) is 0 Å². The van der Waals surface area contributed by atoms with Gasteiger partial charge in [0.15, 0.2) is 28.6 Å².